The number of halogens is 2. The molecule has 3 N–H and O–H groups in total. The van der Waals surface area contributed by atoms with Gasteiger partial charge < -0.3 is 39.2 Å². The predicted molar refractivity (Wildman–Crippen MR) is 305 cm³/mol. The van der Waals surface area contributed by atoms with Crippen LogP contribution in [-0.4, -0.2) is 99.7 Å². The summed E-state index contributed by atoms with van der Waals surface area (Å²) in [5.41, 5.74) is 6.45. The molecule has 0 fully saturated rings. The third-order valence-corrected chi connectivity index (χ3v) is 15.5. The third kappa shape index (κ3) is 15.2. The molecule has 9 aromatic rings. The lowest BCUT2D eigenvalue weighted by Gasteiger charge is -2.19. The summed E-state index contributed by atoms with van der Waals surface area (Å²) < 4.78 is 70.6. The van der Waals surface area contributed by atoms with Gasteiger partial charge in [-0.25, -0.2) is 8.78 Å². The molecular formula is C54H57B2F2N3O8S4. The highest BCUT2D eigenvalue weighted by Gasteiger charge is 2.15. The second-order valence-electron chi connectivity index (χ2n) is 16.8. The number of nitrogens with zero attached hydrogens (tertiary/aromatic N) is 2. The van der Waals surface area contributed by atoms with Gasteiger partial charge in [0.25, 0.3) is 10.1 Å². The molecule has 3 heterocycles. The van der Waals surface area contributed by atoms with Gasteiger partial charge in [-0.1, -0.05) is 36.4 Å². The Labute approximate surface area is 438 Å². The molecule has 0 saturated heterocycles. The SMILES string of the molecule is CB(O)N(C)c1ccc(-c2cc3ccc(OCCOS(C)(=O)=O)cc3s2)cc1.CB(O)N(C)c1ccc(-c2cc3ccc(OCC[18F])cc3s2)cc1.CNc1ccc(-c2cc3ccc(OCC[18F])cc3s2)cc1. The maximum atomic E-state index is 12.2. The molecule has 0 atom stereocenters. The topological polar surface area (TPSA) is 130 Å². The minimum Gasteiger partial charge on any atom is -0.491 e. The zero-order valence-corrected chi connectivity index (χ0v) is 44.6. The van der Waals surface area contributed by atoms with Gasteiger partial charge in [-0.15, -0.1) is 34.0 Å². The van der Waals surface area contributed by atoms with Crippen LogP contribution in [0.25, 0.3) is 61.6 Å². The van der Waals surface area contributed by atoms with Gasteiger partial charge in [0, 0.05) is 52.8 Å². The summed E-state index contributed by atoms with van der Waals surface area (Å²) in [7, 11) is 1.10. The molecule has 0 unspecified atom stereocenters. The minimum atomic E-state index is -3.45. The normalized spacial score (nSPS) is 11.1. The van der Waals surface area contributed by atoms with E-state index >= 15 is 0 Å². The van der Waals surface area contributed by atoms with E-state index in [0.717, 1.165) is 69.9 Å². The summed E-state index contributed by atoms with van der Waals surface area (Å²) in [5.74, 6) is 2.09. The van der Waals surface area contributed by atoms with Crippen molar-refractivity contribution in [3.05, 3.63) is 146 Å². The van der Waals surface area contributed by atoms with Crippen LogP contribution in [0.3, 0.4) is 0 Å². The van der Waals surface area contributed by atoms with Crippen molar-refractivity contribution in [3.8, 4) is 48.6 Å². The van der Waals surface area contributed by atoms with E-state index in [9.17, 15) is 27.2 Å². The van der Waals surface area contributed by atoms with Gasteiger partial charge in [0.05, 0.1) is 6.26 Å². The van der Waals surface area contributed by atoms with Crippen molar-refractivity contribution in [1.29, 1.82) is 0 Å². The molecule has 11 nitrogen and oxygen atoms in total. The van der Waals surface area contributed by atoms with E-state index in [1.165, 1.54) is 20.7 Å². The van der Waals surface area contributed by atoms with Crippen molar-refractivity contribution < 1.29 is 45.6 Å². The molecule has 0 bridgehead atoms. The molecule has 0 amide bonds. The lowest BCUT2D eigenvalue weighted by molar-refractivity contribution is 0.222. The molecule has 9 rings (SSSR count). The van der Waals surface area contributed by atoms with Gasteiger partial charge in [-0.2, -0.15) is 8.42 Å². The van der Waals surface area contributed by atoms with Crippen LogP contribution in [0.2, 0.25) is 13.6 Å². The maximum absolute atomic E-state index is 12.2. The zero-order chi connectivity index (χ0) is 52.1. The van der Waals surface area contributed by atoms with Crippen molar-refractivity contribution in [1.82, 2.24) is 0 Å². The van der Waals surface area contributed by atoms with Crippen molar-refractivity contribution in [2.45, 2.75) is 13.6 Å². The first-order chi connectivity index (χ1) is 35.1. The Bertz CT molecular complexity index is 3300. The Hall–Kier alpha value is -6.18. The first-order valence-corrected chi connectivity index (χ1v) is 27.6. The average molecular weight is 1060 g/mol. The minimum absolute atomic E-state index is 0.0141. The van der Waals surface area contributed by atoms with Crippen LogP contribution < -0.4 is 29.1 Å². The van der Waals surface area contributed by atoms with Crippen molar-refractivity contribution in [2.24, 2.45) is 0 Å². The first kappa shape index (κ1) is 54.6. The molecule has 0 aliphatic carbocycles. The Morgan fingerprint density at radius 2 is 0.863 bits per heavy atom. The van der Waals surface area contributed by atoms with Gasteiger partial charge in [0.1, 0.15) is 57.0 Å². The molecule has 0 radical (unpaired) electrons. The lowest BCUT2D eigenvalue weighted by Crippen LogP contribution is -2.32. The van der Waals surface area contributed by atoms with Crippen LogP contribution in [0.4, 0.5) is 25.8 Å². The standard InChI is InChI=1S/C19H22BNO5S2.C18H19BFNO2S.C17H16FNOS/c1-20(22)21(2)16-7-4-14(5-8-16)18-12-15-6-9-17(13-19(15)27-18)25-10-11-26-28(3,23)24;1-19(22)21(2)15-6-3-13(4-7-15)17-11-14-5-8-16(23-10-9-20)12-18(14)24-17;1-19-14-5-2-12(3-6-14)16-10-13-4-7-15(20-9-8-18)11-17(13)21-16/h4-9,12-13,22H,10-11H2,1-3H3;3-8,11-12,22H,9-10H2,1-2H3;2-7,10-11,19H,8-9H2,1H3/i;20-1;18-1. The van der Waals surface area contributed by atoms with Crippen LogP contribution in [0.15, 0.2) is 146 Å². The van der Waals surface area contributed by atoms with Gasteiger partial charge in [0.2, 0.25) is 0 Å². The Kier molecular flexibility index (Phi) is 19.2. The summed E-state index contributed by atoms with van der Waals surface area (Å²) in [6.07, 6.45) is 1.02. The van der Waals surface area contributed by atoms with E-state index in [1.807, 2.05) is 117 Å². The quantitative estimate of drug-likeness (QED) is 0.0406. The third-order valence-electron chi connectivity index (χ3n) is 11.5. The largest absolute Gasteiger partial charge is 0.491 e. The molecule has 73 heavy (non-hydrogen) atoms. The summed E-state index contributed by atoms with van der Waals surface area (Å²) in [6.45, 7) is 2.86. The fourth-order valence-electron chi connectivity index (χ4n) is 7.34. The van der Waals surface area contributed by atoms with Crippen molar-refractivity contribution in [2.75, 3.05) is 82.1 Å². The zero-order valence-electron chi connectivity index (χ0n) is 41.4. The average Bonchev–Trinajstić information content (AvgIpc) is 4.15. The van der Waals surface area contributed by atoms with Gasteiger partial charge in [-0.3, -0.25) is 4.18 Å². The summed E-state index contributed by atoms with van der Waals surface area (Å²) in [4.78, 5) is 7.13. The van der Waals surface area contributed by atoms with Crippen molar-refractivity contribution >= 4 is 106 Å². The molecular weight excluding hydrogens is 1000 g/mol. The van der Waals surface area contributed by atoms with E-state index in [-0.39, 0.29) is 26.4 Å². The Morgan fingerprint density at radius 3 is 1.18 bits per heavy atom. The number of benzene rings is 6. The fraction of sp³-hybridized carbons (Fsp3) is 0.222. The predicted octanol–water partition coefficient (Wildman–Crippen LogP) is 12.9. The van der Waals surface area contributed by atoms with E-state index < -0.39 is 37.6 Å². The molecule has 3 aromatic heterocycles. The molecule has 0 aliphatic rings. The summed E-state index contributed by atoms with van der Waals surface area (Å²) in [6, 6.07) is 48.5. The number of ether oxygens (including phenoxy) is 3. The van der Waals surface area contributed by atoms with Gasteiger partial charge in [-0.05, 0) is 170 Å². The van der Waals surface area contributed by atoms with Crippen LogP contribution >= 0.6 is 34.0 Å². The van der Waals surface area contributed by atoms with Gasteiger partial charge in [0.15, 0.2) is 0 Å². The second kappa shape index (κ2) is 25.7. The Morgan fingerprint density at radius 1 is 0.521 bits per heavy atom. The number of hydrogen-bond acceptors (Lipinski definition) is 14. The number of rotatable bonds is 19. The van der Waals surface area contributed by atoms with Gasteiger partial charge >= 0.3 is 14.1 Å². The maximum Gasteiger partial charge on any atom is 0.409 e. The fourth-order valence-corrected chi connectivity index (χ4v) is 11.0. The van der Waals surface area contributed by atoms with E-state index in [1.54, 1.807) is 52.5 Å². The number of nitrogens with one attached hydrogen (secondary N) is 1. The summed E-state index contributed by atoms with van der Waals surface area (Å²) in [5, 5.41) is 25.9. The highest BCUT2D eigenvalue weighted by molar-refractivity contribution is 7.86. The highest BCUT2D eigenvalue weighted by atomic mass is 32.2. The van der Waals surface area contributed by atoms with Crippen LogP contribution in [0.1, 0.15) is 0 Å². The van der Waals surface area contributed by atoms with Crippen LogP contribution in [-0.2, 0) is 14.3 Å². The molecule has 380 valence electrons. The number of fused-ring (bicyclic) bond motifs is 3. The summed E-state index contributed by atoms with van der Waals surface area (Å²) >= 11 is 5.06. The van der Waals surface area contributed by atoms with Crippen LogP contribution in [0.5, 0.6) is 17.2 Å². The molecule has 0 spiro atoms. The highest BCUT2D eigenvalue weighted by Crippen LogP contribution is 2.39. The lowest BCUT2D eigenvalue weighted by atomic mass is 9.85. The van der Waals surface area contributed by atoms with E-state index in [0.29, 0.717) is 11.5 Å². The molecule has 0 aliphatic heterocycles. The van der Waals surface area contributed by atoms with Crippen molar-refractivity contribution in [3.63, 3.8) is 0 Å². The monoisotopic (exact) mass is 1060 g/mol. The first-order valence-electron chi connectivity index (χ1n) is 23.4. The number of hydrogen-bond donors (Lipinski definition) is 3. The number of thiophene rings is 3. The molecule has 19 heteroatoms. The van der Waals surface area contributed by atoms with Crippen LogP contribution in [0, 0.1) is 0 Å². The Balaban J connectivity index is 0.000000162. The second-order valence-corrected chi connectivity index (χ2v) is 21.7. The van der Waals surface area contributed by atoms with E-state index in [4.69, 9.17) is 14.2 Å². The number of alkyl halides is 2. The smallest absolute Gasteiger partial charge is 0.409 e. The number of anilines is 3. The van der Waals surface area contributed by atoms with E-state index in [2.05, 4.69) is 64.1 Å². The molecule has 0 saturated carbocycles. The molecule has 6 aromatic carbocycles.